The summed E-state index contributed by atoms with van der Waals surface area (Å²) in [5.74, 6) is -1.60. The Morgan fingerprint density at radius 2 is 2.12 bits per heavy atom. The van der Waals surface area contributed by atoms with E-state index in [0.29, 0.717) is 0 Å². The van der Waals surface area contributed by atoms with Crippen LogP contribution in [-0.4, -0.2) is 20.9 Å². The number of aromatic carboxylic acids is 1. The smallest absolute Gasteiger partial charge is 0.436 e. The highest BCUT2D eigenvalue weighted by Gasteiger charge is 2.40. The number of rotatable bonds is 2. The number of carbonyl (C=O) groups is 1. The summed E-state index contributed by atoms with van der Waals surface area (Å²) in [5.41, 5.74) is -2.09. The first-order chi connectivity index (χ1) is 7.39. The zero-order valence-electron chi connectivity index (χ0n) is 8.16. The molecule has 0 radical (unpaired) electrons. The molecule has 1 aromatic rings. The number of nitrogens with zero attached hydrogens (tertiary/aromatic N) is 2. The normalized spacial score (nSPS) is 17.2. The summed E-state index contributed by atoms with van der Waals surface area (Å²) >= 11 is 0. The van der Waals surface area contributed by atoms with Gasteiger partial charge in [-0.05, 0) is 19.3 Å². The lowest BCUT2D eigenvalue weighted by Gasteiger charge is -2.25. The first kappa shape index (κ1) is 11.0. The molecule has 1 aliphatic carbocycles. The molecule has 1 aromatic heterocycles. The molecule has 1 aliphatic rings. The van der Waals surface area contributed by atoms with Crippen molar-refractivity contribution < 1.29 is 23.1 Å². The van der Waals surface area contributed by atoms with Crippen LogP contribution in [0.25, 0.3) is 0 Å². The fourth-order valence-electron chi connectivity index (χ4n) is 1.60. The first-order valence-electron chi connectivity index (χ1n) is 4.79. The Morgan fingerprint density at radius 1 is 1.50 bits per heavy atom. The molecule has 1 fully saturated rings. The van der Waals surface area contributed by atoms with E-state index in [-0.39, 0.29) is 6.04 Å². The number of carboxylic acid groups (broad SMARTS) is 1. The van der Waals surface area contributed by atoms with Gasteiger partial charge in [0.2, 0.25) is 0 Å². The molecule has 1 heterocycles. The van der Waals surface area contributed by atoms with Crippen LogP contribution in [0, 0.1) is 0 Å². The minimum absolute atomic E-state index is 0.0887. The third kappa shape index (κ3) is 1.77. The van der Waals surface area contributed by atoms with Gasteiger partial charge in [0.25, 0.3) is 0 Å². The van der Waals surface area contributed by atoms with Gasteiger partial charge in [-0.25, -0.2) is 4.79 Å². The summed E-state index contributed by atoms with van der Waals surface area (Å²) in [6.07, 6.45) is -1.32. The van der Waals surface area contributed by atoms with Crippen LogP contribution >= 0.6 is 0 Å². The average molecular weight is 234 g/mol. The Hall–Kier alpha value is -1.53. The molecule has 0 saturated heterocycles. The maximum atomic E-state index is 12.5. The van der Waals surface area contributed by atoms with Crippen molar-refractivity contribution >= 4 is 5.97 Å². The second-order valence-corrected chi connectivity index (χ2v) is 3.76. The van der Waals surface area contributed by atoms with Crippen molar-refractivity contribution in [3.63, 3.8) is 0 Å². The van der Waals surface area contributed by atoms with Crippen LogP contribution in [0.2, 0.25) is 0 Å². The SMILES string of the molecule is O=C(O)c1cn(C2CCC2)nc1C(F)(F)F. The molecule has 88 valence electrons. The van der Waals surface area contributed by atoms with Gasteiger partial charge in [0.1, 0.15) is 5.56 Å². The van der Waals surface area contributed by atoms with Crippen LogP contribution in [0.1, 0.15) is 41.4 Å². The van der Waals surface area contributed by atoms with Gasteiger partial charge in [0, 0.05) is 6.20 Å². The third-order valence-corrected chi connectivity index (χ3v) is 2.68. The second-order valence-electron chi connectivity index (χ2n) is 3.76. The van der Waals surface area contributed by atoms with Crippen LogP contribution < -0.4 is 0 Å². The van der Waals surface area contributed by atoms with Gasteiger partial charge in [0.15, 0.2) is 5.69 Å². The summed E-state index contributed by atoms with van der Waals surface area (Å²) in [7, 11) is 0. The summed E-state index contributed by atoms with van der Waals surface area (Å²) in [5, 5.41) is 12.0. The highest BCUT2D eigenvalue weighted by molar-refractivity contribution is 5.88. The van der Waals surface area contributed by atoms with Gasteiger partial charge >= 0.3 is 12.1 Å². The van der Waals surface area contributed by atoms with Crippen molar-refractivity contribution in [2.24, 2.45) is 0 Å². The standard InChI is InChI=1S/C9H9F3N2O2/c10-9(11,12)7-6(8(15)16)4-14(13-7)5-2-1-3-5/h4-5H,1-3H2,(H,15,16). The largest absolute Gasteiger partial charge is 0.478 e. The van der Waals surface area contributed by atoms with Crippen LogP contribution in [0.3, 0.4) is 0 Å². The van der Waals surface area contributed by atoms with Crippen LogP contribution in [0.15, 0.2) is 6.20 Å². The highest BCUT2D eigenvalue weighted by atomic mass is 19.4. The number of halogens is 3. The van der Waals surface area contributed by atoms with Crippen molar-refractivity contribution in [1.29, 1.82) is 0 Å². The van der Waals surface area contributed by atoms with E-state index in [1.807, 2.05) is 0 Å². The van der Waals surface area contributed by atoms with E-state index in [1.165, 1.54) is 0 Å². The Bertz CT molecular complexity index is 421. The number of hydrogen-bond acceptors (Lipinski definition) is 2. The van der Waals surface area contributed by atoms with Gasteiger partial charge in [-0.15, -0.1) is 0 Å². The maximum absolute atomic E-state index is 12.5. The zero-order chi connectivity index (χ0) is 11.9. The number of alkyl halides is 3. The van der Waals surface area contributed by atoms with E-state index in [1.54, 1.807) is 0 Å². The fourth-order valence-corrected chi connectivity index (χ4v) is 1.60. The van der Waals surface area contributed by atoms with E-state index in [9.17, 15) is 18.0 Å². The van der Waals surface area contributed by atoms with Crippen molar-refractivity contribution in [1.82, 2.24) is 9.78 Å². The second kappa shape index (κ2) is 3.50. The number of hydrogen-bond donors (Lipinski definition) is 1. The molecule has 0 amide bonds. The topological polar surface area (TPSA) is 55.1 Å². The van der Waals surface area contributed by atoms with Gasteiger partial charge < -0.3 is 5.11 Å². The maximum Gasteiger partial charge on any atom is 0.436 e. The summed E-state index contributed by atoms with van der Waals surface area (Å²) in [6, 6.07) is -0.0887. The first-order valence-corrected chi connectivity index (χ1v) is 4.79. The van der Waals surface area contributed by atoms with Crippen molar-refractivity contribution in [3.8, 4) is 0 Å². The predicted molar refractivity (Wildman–Crippen MR) is 47.1 cm³/mol. The lowest BCUT2D eigenvalue weighted by atomic mass is 9.93. The van der Waals surface area contributed by atoms with Gasteiger partial charge in [0.05, 0.1) is 6.04 Å². The van der Waals surface area contributed by atoms with Crippen LogP contribution in [-0.2, 0) is 6.18 Å². The van der Waals surface area contributed by atoms with Crippen molar-refractivity contribution in [2.75, 3.05) is 0 Å². The quantitative estimate of drug-likeness (QED) is 0.854. The van der Waals surface area contributed by atoms with E-state index < -0.39 is 23.4 Å². The number of aromatic nitrogens is 2. The van der Waals surface area contributed by atoms with Crippen LogP contribution in [0.4, 0.5) is 13.2 Å². The van der Waals surface area contributed by atoms with E-state index >= 15 is 0 Å². The fraction of sp³-hybridized carbons (Fsp3) is 0.556. The Labute approximate surface area is 88.7 Å². The molecule has 4 nitrogen and oxygen atoms in total. The molecule has 1 saturated carbocycles. The van der Waals surface area contributed by atoms with E-state index in [4.69, 9.17) is 5.11 Å². The van der Waals surface area contributed by atoms with Crippen molar-refractivity contribution in [3.05, 3.63) is 17.5 Å². The average Bonchev–Trinajstić information content (AvgIpc) is 2.44. The molecule has 0 atom stereocenters. The molecular formula is C9H9F3N2O2. The summed E-state index contributed by atoms with van der Waals surface area (Å²) < 4.78 is 38.5. The number of carboxylic acids is 1. The molecule has 0 spiro atoms. The zero-order valence-corrected chi connectivity index (χ0v) is 8.16. The monoisotopic (exact) mass is 234 g/mol. The Kier molecular flexibility index (Phi) is 2.40. The third-order valence-electron chi connectivity index (χ3n) is 2.68. The molecular weight excluding hydrogens is 225 g/mol. The molecule has 1 N–H and O–H groups in total. The molecule has 0 aromatic carbocycles. The molecule has 0 bridgehead atoms. The summed E-state index contributed by atoms with van der Waals surface area (Å²) in [6.45, 7) is 0. The Morgan fingerprint density at radius 3 is 2.44 bits per heavy atom. The predicted octanol–water partition coefficient (Wildman–Crippen LogP) is 2.33. The Balaban J connectivity index is 2.41. The van der Waals surface area contributed by atoms with E-state index in [0.717, 1.165) is 30.1 Å². The van der Waals surface area contributed by atoms with Gasteiger partial charge in [-0.1, -0.05) is 0 Å². The molecule has 0 aliphatic heterocycles. The highest BCUT2D eigenvalue weighted by Crippen LogP contribution is 2.35. The molecule has 16 heavy (non-hydrogen) atoms. The molecule has 2 rings (SSSR count). The molecule has 0 unspecified atom stereocenters. The minimum Gasteiger partial charge on any atom is -0.478 e. The summed E-state index contributed by atoms with van der Waals surface area (Å²) in [4.78, 5) is 10.7. The van der Waals surface area contributed by atoms with Crippen LogP contribution in [0.5, 0.6) is 0 Å². The van der Waals surface area contributed by atoms with Gasteiger partial charge in [-0.3, -0.25) is 4.68 Å². The molecule has 7 heteroatoms. The lowest BCUT2D eigenvalue weighted by Crippen LogP contribution is -2.18. The minimum atomic E-state index is -4.72. The lowest BCUT2D eigenvalue weighted by molar-refractivity contribution is -0.142. The van der Waals surface area contributed by atoms with E-state index in [2.05, 4.69) is 5.10 Å². The van der Waals surface area contributed by atoms with Gasteiger partial charge in [-0.2, -0.15) is 18.3 Å². The van der Waals surface area contributed by atoms with Crippen molar-refractivity contribution in [2.45, 2.75) is 31.5 Å².